The van der Waals surface area contributed by atoms with Crippen molar-refractivity contribution in [1.29, 1.82) is 0 Å². The predicted octanol–water partition coefficient (Wildman–Crippen LogP) is 3.23. The van der Waals surface area contributed by atoms with Gasteiger partial charge in [0.05, 0.1) is 25.1 Å². The Bertz CT molecular complexity index is 820. The Hall–Kier alpha value is -2.76. The first kappa shape index (κ1) is 16.1. The number of hydrogen-bond donors (Lipinski definition) is 0. The maximum absolute atomic E-state index is 14.3. The number of para-hydroxylation sites is 1. The Morgan fingerprint density at radius 3 is 2.71 bits per heavy atom. The van der Waals surface area contributed by atoms with E-state index in [1.807, 2.05) is 6.07 Å². The normalized spacial score (nSPS) is 13.1. The summed E-state index contributed by atoms with van der Waals surface area (Å²) in [7, 11) is 0. The molecular formula is C18H15F2NO3. The van der Waals surface area contributed by atoms with Crippen molar-refractivity contribution in [2.45, 2.75) is 19.9 Å². The third-order valence-electron chi connectivity index (χ3n) is 3.93. The molecule has 1 heterocycles. The first-order valence-corrected chi connectivity index (χ1v) is 7.55. The number of benzene rings is 2. The molecule has 1 aliphatic rings. The Kier molecular flexibility index (Phi) is 4.29. The van der Waals surface area contributed by atoms with Crippen molar-refractivity contribution in [2.24, 2.45) is 0 Å². The van der Waals surface area contributed by atoms with Crippen LogP contribution in [0.5, 0.6) is 0 Å². The second-order valence-electron chi connectivity index (χ2n) is 5.39. The van der Waals surface area contributed by atoms with Gasteiger partial charge in [-0.05, 0) is 30.7 Å². The number of ether oxygens (including phenoxy) is 1. The first-order valence-electron chi connectivity index (χ1n) is 7.55. The second kappa shape index (κ2) is 6.39. The molecule has 0 saturated carbocycles. The summed E-state index contributed by atoms with van der Waals surface area (Å²) in [6, 6.07) is 9.17. The molecule has 0 radical (unpaired) electrons. The van der Waals surface area contributed by atoms with E-state index in [2.05, 4.69) is 0 Å². The highest BCUT2D eigenvalue weighted by Crippen LogP contribution is 2.31. The molecule has 2 aromatic rings. The summed E-state index contributed by atoms with van der Waals surface area (Å²) in [5, 5.41) is 0. The van der Waals surface area contributed by atoms with Crippen molar-refractivity contribution in [3.63, 3.8) is 0 Å². The van der Waals surface area contributed by atoms with Crippen LogP contribution in [0.15, 0.2) is 36.4 Å². The smallest absolute Gasteiger partial charge is 0.338 e. The zero-order valence-electron chi connectivity index (χ0n) is 13.0. The molecule has 0 N–H and O–H groups in total. The Balaban J connectivity index is 2.02. The minimum atomic E-state index is -1.14. The van der Waals surface area contributed by atoms with E-state index in [9.17, 15) is 18.4 Å². The molecule has 6 heteroatoms. The number of anilines is 1. The van der Waals surface area contributed by atoms with Crippen LogP contribution < -0.4 is 4.90 Å². The van der Waals surface area contributed by atoms with E-state index < -0.39 is 17.6 Å². The molecule has 0 bridgehead atoms. The molecule has 24 heavy (non-hydrogen) atoms. The molecule has 3 rings (SSSR count). The molecular weight excluding hydrogens is 316 g/mol. The molecule has 2 aromatic carbocycles. The topological polar surface area (TPSA) is 46.6 Å². The fraction of sp³-hybridized carbons (Fsp3) is 0.222. The number of esters is 1. The summed E-state index contributed by atoms with van der Waals surface area (Å²) in [6.45, 7) is 1.51. The fourth-order valence-corrected chi connectivity index (χ4v) is 2.80. The lowest BCUT2D eigenvalue weighted by molar-refractivity contribution is -0.117. The summed E-state index contributed by atoms with van der Waals surface area (Å²) in [5.74, 6) is -3.18. The van der Waals surface area contributed by atoms with Gasteiger partial charge in [0, 0.05) is 11.3 Å². The van der Waals surface area contributed by atoms with Gasteiger partial charge >= 0.3 is 5.97 Å². The van der Waals surface area contributed by atoms with Crippen LogP contribution in [0.25, 0.3) is 0 Å². The Morgan fingerprint density at radius 2 is 1.96 bits per heavy atom. The number of carbonyl (C=O) groups excluding carboxylic acids is 2. The number of nitrogens with zero attached hydrogens (tertiary/aromatic N) is 1. The van der Waals surface area contributed by atoms with Gasteiger partial charge in [0.25, 0.3) is 0 Å². The van der Waals surface area contributed by atoms with Crippen LogP contribution in [0.1, 0.15) is 28.4 Å². The Labute approximate surface area is 137 Å². The van der Waals surface area contributed by atoms with Crippen molar-refractivity contribution in [3.05, 3.63) is 64.7 Å². The van der Waals surface area contributed by atoms with Gasteiger partial charge in [0.1, 0.15) is 0 Å². The first-order chi connectivity index (χ1) is 11.5. The number of fused-ring (bicyclic) bond motifs is 1. The lowest BCUT2D eigenvalue weighted by Gasteiger charge is -2.20. The van der Waals surface area contributed by atoms with E-state index in [0.29, 0.717) is 5.69 Å². The number of amides is 1. The molecule has 0 spiro atoms. The molecule has 0 unspecified atom stereocenters. The SMILES string of the molecule is CCOC(=O)c1ccc(F)c(F)c1CN1C(=O)Cc2ccccc21. The predicted molar refractivity (Wildman–Crippen MR) is 83.7 cm³/mol. The van der Waals surface area contributed by atoms with Crippen LogP contribution in [0.3, 0.4) is 0 Å². The van der Waals surface area contributed by atoms with Crippen LogP contribution in [0.2, 0.25) is 0 Å². The molecule has 124 valence electrons. The van der Waals surface area contributed by atoms with Crippen molar-refractivity contribution >= 4 is 17.6 Å². The van der Waals surface area contributed by atoms with Gasteiger partial charge in [0.2, 0.25) is 5.91 Å². The lowest BCUT2D eigenvalue weighted by Crippen LogP contribution is -2.28. The van der Waals surface area contributed by atoms with Crippen molar-refractivity contribution in [2.75, 3.05) is 11.5 Å². The molecule has 4 nitrogen and oxygen atoms in total. The third kappa shape index (κ3) is 2.75. The summed E-state index contributed by atoms with van der Waals surface area (Å²) in [6.07, 6.45) is 0.196. The standard InChI is InChI=1S/C18H15F2NO3/c1-2-24-18(23)12-7-8-14(19)17(20)13(12)10-21-15-6-4-3-5-11(15)9-16(21)22/h3-8H,2,9-10H2,1H3. The van der Waals surface area contributed by atoms with Crippen LogP contribution in [0.4, 0.5) is 14.5 Å². The minimum absolute atomic E-state index is 0.0760. The van der Waals surface area contributed by atoms with Gasteiger partial charge in [0.15, 0.2) is 11.6 Å². The molecule has 0 saturated heterocycles. The summed E-state index contributed by atoms with van der Waals surface area (Å²) < 4.78 is 32.8. The zero-order valence-corrected chi connectivity index (χ0v) is 13.0. The van der Waals surface area contributed by atoms with E-state index in [1.54, 1.807) is 25.1 Å². The largest absolute Gasteiger partial charge is 0.462 e. The minimum Gasteiger partial charge on any atom is -0.462 e. The highest BCUT2D eigenvalue weighted by Gasteiger charge is 2.30. The molecule has 0 aliphatic carbocycles. The van der Waals surface area contributed by atoms with Crippen LogP contribution >= 0.6 is 0 Å². The monoisotopic (exact) mass is 331 g/mol. The molecule has 1 aliphatic heterocycles. The number of carbonyl (C=O) groups is 2. The fourth-order valence-electron chi connectivity index (χ4n) is 2.80. The highest BCUT2D eigenvalue weighted by molar-refractivity contribution is 6.01. The average Bonchev–Trinajstić information content (AvgIpc) is 2.88. The van der Waals surface area contributed by atoms with E-state index in [0.717, 1.165) is 11.6 Å². The maximum Gasteiger partial charge on any atom is 0.338 e. The zero-order chi connectivity index (χ0) is 17.3. The molecule has 0 fully saturated rings. The molecule has 0 aromatic heterocycles. The highest BCUT2D eigenvalue weighted by atomic mass is 19.2. The Morgan fingerprint density at radius 1 is 1.21 bits per heavy atom. The summed E-state index contributed by atoms with van der Waals surface area (Å²) in [4.78, 5) is 25.6. The quantitative estimate of drug-likeness (QED) is 0.808. The van der Waals surface area contributed by atoms with Gasteiger partial charge in [-0.15, -0.1) is 0 Å². The van der Waals surface area contributed by atoms with E-state index in [1.165, 1.54) is 11.0 Å². The van der Waals surface area contributed by atoms with E-state index >= 15 is 0 Å². The van der Waals surface area contributed by atoms with Crippen LogP contribution in [-0.2, 0) is 22.5 Å². The van der Waals surface area contributed by atoms with Crippen LogP contribution in [0, 0.1) is 11.6 Å². The van der Waals surface area contributed by atoms with Gasteiger partial charge in [-0.3, -0.25) is 4.79 Å². The second-order valence-corrected chi connectivity index (χ2v) is 5.39. The van der Waals surface area contributed by atoms with Crippen LogP contribution in [-0.4, -0.2) is 18.5 Å². The number of hydrogen-bond acceptors (Lipinski definition) is 3. The average molecular weight is 331 g/mol. The van der Waals surface area contributed by atoms with E-state index in [4.69, 9.17) is 4.74 Å². The molecule has 0 atom stereocenters. The summed E-state index contributed by atoms with van der Waals surface area (Å²) in [5.41, 5.74) is 1.20. The van der Waals surface area contributed by atoms with Gasteiger partial charge in [-0.1, -0.05) is 18.2 Å². The van der Waals surface area contributed by atoms with Crippen molar-refractivity contribution in [1.82, 2.24) is 0 Å². The maximum atomic E-state index is 14.3. The number of halogens is 2. The van der Waals surface area contributed by atoms with Crippen molar-refractivity contribution in [3.8, 4) is 0 Å². The van der Waals surface area contributed by atoms with Crippen molar-refractivity contribution < 1.29 is 23.1 Å². The van der Waals surface area contributed by atoms with Gasteiger partial charge in [-0.25, -0.2) is 13.6 Å². The molecule has 1 amide bonds. The summed E-state index contributed by atoms with van der Waals surface area (Å²) >= 11 is 0. The number of rotatable bonds is 4. The van der Waals surface area contributed by atoms with Gasteiger partial charge in [-0.2, -0.15) is 0 Å². The lowest BCUT2D eigenvalue weighted by atomic mass is 10.1. The van der Waals surface area contributed by atoms with Gasteiger partial charge < -0.3 is 9.64 Å². The third-order valence-corrected chi connectivity index (χ3v) is 3.93. The van der Waals surface area contributed by atoms with E-state index in [-0.39, 0.29) is 36.6 Å².